The van der Waals surface area contributed by atoms with Crippen LogP contribution in [0.3, 0.4) is 0 Å². The molecule has 2 fully saturated rings. The molecule has 1 aromatic heterocycles. The van der Waals surface area contributed by atoms with Crippen LogP contribution in [0.1, 0.15) is 66.5 Å². The fraction of sp³-hybridized carbons (Fsp3) is 0.806. The maximum atomic E-state index is 12.5. The van der Waals surface area contributed by atoms with Crippen LogP contribution in [0.25, 0.3) is 0 Å². The molecule has 2 saturated heterocycles. The molecule has 238 valence electrons. The van der Waals surface area contributed by atoms with Gasteiger partial charge in [0.2, 0.25) is 11.8 Å². The van der Waals surface area contributed by atoms with E-state index in [2.05, 4.69) is 58.4 Å². The number of carbonyl (C=O) groups is 2. The third-order valence-electron chi connectivity index (χ3n) is 8.19. The van der Waals surface area contributed by atoms with E-state index in [0.717, 1.165) is 30.9 Å². The maximum absolute atomic E-state index is 12.5. The lowest BCUT2D eigenvalue weighted by Crippen LogP contribution is -2.31. The normalized spacial score (nSPS) is 19.9. The molecule has 0 saturated carbocycles. The highest BCUT2D eigenvalue weighted by Gasteiger charge is 2.40. The third kappa shape index (κ3) is 10.7. The van der Waals surface area contributed by atoms with Gasteiger partial charge in [-0.3, -0.25) is 9.59 Å². The first kappa shape index (κ1) is 34.2. The molecule has 2 aliphatic heterocycles. The lowest BCUT2D eigenvalue weighted by Gasteiger charge is -2.28. The van der Waals surface area contributed by atoms with Gasteiger partial charge in [0.25, 0.3) is 0 Å². The third-order valence-corrected chi connectivity index (χ3v) is 8.19. The Morgan fingerprint density at radius 3 is 2.07 bits per heavy atom. The van der Waals surface area contributed by atoms with Crippen molar-refractivity contribution < 1.29 is 28.5 Å². The average molecular weight is 592 g/mol. The number of allylic oxidation sites excluding steroid dienone is 1. The van der Waals surface area contributed by atoms with Crippen LogP contribution in [0.15, 0.2) is 18.5 Å². The van der Waals surface area contributed by atoms with Crippen molar-refractivity contribution in [3.63, 3.8) is 0 Å². The van der Waals surface area contributed by atoms with Crippen LogP contribution in [0.4, 0.5) is 0 Å². The molecule has 0 aliphatic carbocycles. The number of amides is 2. The van der Waals surface area contributed by atoms with Gasteiger partial charge < -0.3 is 28.7 Å². The lowest BCUT2D eigenvalue weighted by molar-refractivity contribution is -0.131. The number of nitrogens with zero attached hydrogens (tertiary/aromatic N) is 5. The molecule has 2 aliphatic rings. The molecule has 11 heteroatoms. The molecule has 0 radical (unpaired) electrons. The summed E-state index contributed by atoms with van der Waals surface area (Å²) in [6.45, 7) is 23.7. The van der Waals surface area contributed by atoms with Gasteiger partial charge in [-0.1, -0.05) is 53.3 Å². The summed E-state index contributed by atoms with van der Waals surface area (Å²) in [7, 11) is 0. The highest BCUT2D eigenvalue weighted by atomic mass is 16.6. The Morgan fingerprint density at radius 1 is 0.929 bits per heavy atom. The quantitative estimate of drug-likeness (QED) is 0.253. The number of hydrogen-bond donors (Lipinski definition) is 0. The SMILES string of the molecule is C=C1C(C(C)(C)C)CC(=O)N1Cc1cn(CCOCCOCCOCCOCCC(=O)N2CCC(C(C)(C)C)C2)nn1. The van der Waals surface area contributed by atoms with E-state index in [9.17, 15) is 9.59 Å². The van der Waals surface area contributed by atoms with E-state index in [1.807, 2.05) is 11.1 Å². The van der Waals surface area contributed by atoms with Crippen molar-refractivity contribution in [2.45, 2.75) is 73.9 Å². The summed E-state index contributed by atoms with van der Waals surface area (Å²) in [5, 5.41) is 8.36. The van der Waals surface area contributed by atoms with Gasteiger partial charge in [-0.2, -0.15) is 0 Å². The lowest BCUT2D eigenvalue weighted by atomic mass is 9.79. The smallest absolute Gasteiger partial charge is 0.227 e. The number of ether oxygens (including phenoxy) is 4. The van der Waals surface area contributed by atoms with E-state index >= 15 is 0 Å². The van der Waals surface area contributed by atoms with Crippen molar-refractivity contribution in [3.05, 3.63) is 24.2 Å². The Morgan fingerprint density at radius 2 is 1.52 bits per heavy atom. The van der Waals surface area contributed by atoms with Crippen LogP contribution in [0.2, 0.25) is 0 Å². The molecule has 0 spiro atoms. The molecule has 2 unspecified atom stereocenters. The summed E-state index contributed by atoms with van der Waals surface area (Å²) in [4.78, 5) is 28.6. The maximum Gasteiger partial charge on any atom is 0.227 e. The first-order valence-electron chi connectivity index (χ1n) is 15.3. The molecular formula is C31H53N5O6. The van der Waals surface area contributed by atoms with Crippen molar-refractivity contribution in [3.8, 4) is 0 Å². The minimum absolute atomic E-state index is 0.00451. The first-order chi connectivity index (χ1) is 19.9. The van der Waals surface area contributed by atoms with Gasteiger partial charge in [0, 0.05) is 31.1 Å². The van der Waals surface area contributed by atoms with Gasteiger partial charge in [0.15, 0.2) is 0 Å². The average Bonchev–Trinajstić information content (AvgIpc) is 3.65. The van der Waals surface area contributed by atoms with Crippen LogP contribution in [-0.4, -0.2) is 103 Å². The second-order valence-electron chi connectivity index (χ2n) is 13.5. The zero-order chi connectivity index (χ0) is 30.8. The molecule has 1 aromatic rings. The van der Waals surface area contributed by atoms with E-state index in [1.165, 1.54) is 0 Å². The van der Waals surface area contributed by atoms with E-state index in [0.29, 0.717) is 84.7 Å². The Hall–Kier alpha value is -2.34. The molecule has 0 bridgehead atoms. The van der Waals surface area contributed by atoms with Crippen molar-refractivity contribution in [2.24, 2.45) is 22.7 Å². The summed E-state index contributed by atoms with van der Waals surface area (Å²) in [5.74, 6) is 0.986. The molecule has 3 rings (SSSR count). The Labute approximate surface area is 251 Å². The van der Waals surface area contributed by atoms with Gasteiger partial charge in [-0.25, -0.2) is 4.68 Å². The second-order valence-corrected chi connectivity index (χ2v) is 13.5. The zero-order valence-corrected chi connectivity index (χ0v) is 26.7. The topological polar surface area (TPSA) is 108 Å². The zero-order valence-electron chi connectivity index (χ0n) is 26.7. The predicted octanol–water partition coefficient (Wildman–Crippen LogP) is 3.54. The minimum atomic E-state index is -0.00451. The standard InChI is InChI=1S/C31H53N5O6/c1-24-27(31(5,6)7)20-29(38)36(24)23-26-22-35(33-32-26)11-13-40-15-17-42-19-18-41-16-14-39-12-9-28(37)34-10-8-25(21-34)30(2,3)4/h22,25,27H,1,8-21,23H2,2-7H3. The summed E-state index contributed by atoms with van der Waals surface area (Å²) in [5.41, 5.74) is 1.84. The predicted molar refractivity (Wildman–Crippen MR) is 159 cm³/mol. The number of likely N-dealkylation sites (tertiary alicyclic amines) is 2. The minimum Gasteiger partial charge on any atom is -0.379 e. The number of aromatic nitrogens is 3. The molecule has 2 atom stereocenters. The molecule has 2 amide bonds. The van der Waals surface area contributed by atoms with Crippen molar-refractivity contribution >= 4 is 11.8 Å². The largest absolute Gasteiger partial charge is 0.379 e. The molecule has 0 aromatic carbocycles. The number of hydrogen-bond acceptors (Lipinski definition) is 8. The summed E-state index contributed by atoms with van der Waals surface area (Å²) in [6.07, 6.45) is 3.85. The van der Waals surface area contributed by atoms with Crippen LogP contribution >= 0.6 is 0 Å². The number of rotatable bonds is 17. The molecular weight excluding hydrogens is 538 g/mol. The monoisotopic (exact) mass is 591 g/mol. The fourth-order valence-corrected chi connectivity index (χ4v) is 5.36. The van der Waals surface area contributed by atoms with Crippen molar-refractivity contribution in [1.29, 1.82) is 0 Å². The Bertz CT molecular complexity index is 1010. The highest BCUT2D eigenvalue weighted by Crippen LogP contribution is 2.41. The van der Waals surface area contributed by atoms with Crippen LogP contribution < -0.4 is 0 Å². The Balaban J connectivity index is 1.12. The molecule has 42 heavy (non-hydrogen) atoms. The Kier molecular flexibility index (Phi) is 13.0. The van der Waals surface area contributed by atoms with E-state index in [4.69, 9.17) is 18.9 Å². The number of carbonyl (C=O) groups excluding carboxylic acids is 2. The van der Waals surface area contributed by atoms with Gasteiger partial charge in [-0.05, 0) is 23.2 Å². The van der Waals surface area contributed by atoms with Gasteiger partial charge >= 0.3 is 0 Å². The highest BCUT2D eigenvalue weighted by molar-refractivity contribution is 5.82. The van der Waals surface area contributed by atoms with Crippen LogP contribution in [0.5, 0.6) is 0 Å². The van der Waals surface area contributed by atoms with E-state index < -0.39 is 0 Å². The molecule has 11 nitrogen and oxygen atoms in total. The van der Waals surface area contributed by atoms with Crippen LogP contribution in [0, 0.1) is 22.7 Å². The summed E-state index contributed by atoms with van der Waals surface area (Å²) >= 11 is 0. The van der Waals surface area contributed by atoms with E-state index in [1.54, 1.807) is 9.58 Å². The van der Waals surface area contributed by atoms with E-state index in [-0.39, 0.29) is 28.6 Å². The van der Waals surface area contributed by atoms with Gasteiger partial charge in [-0.15, -0.1) is 5.10 Å². The second kappa shape index (κ2) is 15.9. The molecule has 0 N–H and O–H groups in total. The fourth-order valence-electron chi connectivity index (χ4n) is 5.36. The van der Waals surface area contributed by atoms with Crippen molar-refractivity contribution in [1.82, 2.24) is 24.8 Å². The molecule has 3 heterocycles. The van der Waals surface area contributed by atoms with Crippen LogP contribution in [-0.2, 0) is 41.6 Å². The van der Waals surface area contributed by atoms with Crippen molar-refractivity contribution in [2.75, 3.05) is 65.9 Å². The summed E-state index contributed by atoms with van der Waals surface area (Å²) in [6, 6.07) is 0. The summed E-state index contributed by atoms with van der Waals surface area (Å²) < 4.78 is 24.0. The first-order valence-corrected chi connectivity index (χ1v) is 15.3. The van der Waals surface area contributed by atoms with Gasteiger partial charge in [0.1, 0.15) is 5.69 Å². The van der Waals surface area contributed by atoms with Gasteiger partial charge in [0.05, 0.1) is 78.6 Å².